The van der Waals surface area contributed by atoms with Crippen molar-refractivity contribution in [3.05, 3.63) is 23.7 Å². The molecule has 0 aromatic heterocycles. The van der Waals surface area contributed by atoms with Gasteiger partial charge in [0.05, 0.1) is 36.7 Å². The Labute approximate surface area is 160 Å². The summed E-state index contributed by atoms with van der Waals surface area (Å²) in [5.74, 6) is -5.89. The fourth-order valence-corrected chi connectivity index (χ4v) is 3.33. The third-order valence-corrected chi connectivity index (χ3v) is 4.89. The van der Waals surface area contributed by atoms with Crippen LogP contribution in [-0.2, 0) is 23.8 Å². The molecular weight excluding hydrogens is 380 g/mol. The minimum Gasteiger partial charge on any atom is -0.515 e. The maximum atomic E-state index is 11.4. The highest BCUT2D eigenvalue weighted by atomic mass is 16.8. The number of carboxylic acid groups (broad SMARTS) is 2. The van der Waals surface area contributed by atoms with Crippen LogP contribution in [0.5, 0.6) is 0 Å². The van der Waals surface area contributed by atoms with Crippen LogP contribution in [0.4, 0.5) is 0 Å². The van der Waals surface area contributed by atoms with Gasteiger partial charge in [0, 0.05) is 24.8 Å². The molecule has 1 saturated heterocycles. The Bertz CT molecular complexity index is 683. The number of rotatable bonds is 6. The van der Waals surface area contributed by atoms with E-state index in [1.165, 1.54) is 13.8 Å². The van der Waals surface area contributed by atoms with Crippen molar-refractivity contribution in [1.29, 1.82) is 0 Å². The van der Waals surface area contributed by atoms with Crippen LogP contribution in [-0.4, -0.2) is 79.1 Å². The second kappa shape index (κ2) is 8.05. The van der Waals surface area contributed by atoms with Gasteiger partial charge in [0.1, 0.15) is 12.2 Å². The molecule has 2 rings (SSSR count). The molecule has 28 heavy (non-hydrogen) atoms. The van der Waals surface area contributed by atoms with Gasteiger partial charge < -0.3 is 44.8 Å². The monoisotopic (exact) mass is 404 g/mol. The number of aliphatic hydroxyl groups is 4. The first-order valence-corrected chi connectivity index (χ1v) is 8.47. The van der Waals surface area contributed by atoms with E-state index in [0.29, 0.717) is 6.26 Å². The number of aliphatic hydroxyl groups excluding tert-OH is 3. The zero-order chi connectivity index (χ0) is 21.3. The Balaban J connectivity index is 2.33. The summed E-state index contributed by atoms with van der Waals surface area (Å²) >= 11 is 0. The van der Waals surface area contributed by atoms with Crippen molar-refractivity contribution in [2.24, 2.45) is 5.92 Å². The van der Waals surface area contributed by atoms with E-state index < -0.39 is 66.3 Å². The van der Waals surface area contributed by atoms with E-state index in [0.717, 1.165) is 6.26 Å². The molecule has 158 valence electrons. The van der Waals surface area contributed by atoms with Gasteiger partial charge in [0.25, 0.3) is 0 Å². The standard InChI is InChI=1S/C17H24O11/c1-16(25)4-11(20)15(27-12(16)6-19)28-17(2)10(5-18)8(3-13(21)22)9(7-26-17)14(23)24/h5,7-8,11-12,15,18-20,25H,3-4,6H2,1-2H3,(H,21,22)(H,23,24)/b10-5+/t8-,11+,12+,15-,16-,17-/m1/s1. The smallest absolute Gasteiger partial charge is 0.335 e. The topological polar surface area (TPSA) is 183 Å². The van der Waals surface area contributed by atoms with E-state index in [2.05, 4.69) is 0 Å². The van der Waals surface area contributed by atoms with Crippen LogP contribution in [0.3, 0.4) is 0 Å². The molecule has 0 aliphatic carbocycles. The third-order valence-electron chi connectivity index (χ3n) is 4.89. The molecule has 0 amide bonds. The molecule has 0 bridgehead atoms. The minimum atomic E-state index is -1.87. The van der Waals surface area contributed by atoms with Crippen molar-refractivity contribution in [3.8, 4) is 0 Å². The Morgan fingerprint density at radius 3 is 2.50 bits per heavy atom. The van der Waals surface area contributed by atoms with Crippen LogP contribution in [0.15, 0.2) is 23.7 Å². The van der Waals surface area contributed by atoms with Crippen molar-refractivity contribution < 1.29 is 54.4 Å². The van der Waals surface area contributed by atoms with Crippen LogP contribution >= 0.6 is 0 Å². The SMILES string of the molecule is C[C@]1(O[C@H]2O[C@@H](CO)[C@](C)(O)C[C@@H]2O)OC=C(C(=O)O)[C@@H](CC(=O)O)/C1=C\O. The van der Waals surface area contributed by atoms with Crippen LogP contribution in [0, 0.1) is 5.92 Å². The average molecular weight is 404 g/mol. The molecule has 0 aromatic rings. The highest BCUT2D eigenvalue weighted by molar-refractivity contribution is 5.89. The molecule has 0 saturated carbocycles. The fraction of sp³-hybridized carbons (Fsp3) is 0.647. The van der Waals surface area contributed by atoms with Crippen LogP contribution < -0.4 is 0 Å². The zero-order valence-electron chi connectivity index (χ0n) is 15.3. The zero-order valence-corrected chi connectivity index (χ0v) is 15.3. The molecule has 0 radical (unpaired) electrons. The Morgan fingerprint density at radius 2 is 2.00 bits per heavy atom. The molecular formula is C17H24O11. The second-order valence-corrected chi connectivity index (χ2v) is 7.10. The summed E-state index contributed by atoms with van der Waals surface area (Å²) in [6, 6.07) is 0. The van der Waals surface area contributed by atoms with Gasteiger partial charge in [-0.3, -0.25) is 4.79 Å². The summed E-state index contributed by atoms with van der Waals surface area (Å²) in [7, 11) is 0. The predicted molar refractivity (Wildman–Crippen MR) is 89.7 cm³/mol. The van der Waals surface area contributed by atoms with E-state index in [4.69, 9.17) is 19.3 Å². The summed E-state index contributed by atoms with van der Waals surface area (Å²) in [5, 5.41) is 57.9. The normalized spacial score (nSPS) is 39.9. The highest BCUT2D eigenvalue weighted by Crippen LogP contribution is 2.42. The first kappa shape index (κ1) is 22.1. The van der Waals surface area contributed by atoms with Crippen molar-refractivity contribution in [3.63, 3.8) is 0 Å². The van der Waals surface area contributed by atoms with E-state index >= 15 is 0 Å². The number of carbonyl (C=O) groups is 2. The van der Waals surface area contributed by atoms with E-state index in [9.17, 15) is 35.1 Å². The summed E-state index contributed by atoms with van der Waals surface area (Å²) in [6.45, 7) is 2.09. The first-order chi connectivity index (χ1) is 12.9. The summed E-state index contributed by atoms with van der Waals surface area (Å²) in [4.78, 5) is 22.6. The molecule has 11 heteroatoms. The average Bonchev–Trinajstić information content (AvgIpc) is 2.56. The van der Waals surface area contributed by atoms with Crippen molar-refractivity contribution >= 4 is 11.9 Å². The number of aliphatic carboxylic acids is 2. The summed E-state index contributed by atoms with van der Waals surface area (Å²) in [6.07, 6.45) is -3.39. The Kier molecular flexibility index (Phi) is 6.36. The molecule has 6 N–H and O–H groups in total. The lowest BCUT2D eigenvalue weighted by atomic mass is 9.83. The van der Waals surface area contributed by atoms with Gasteiger partial charge in [-0.05, 0) is 6.92 Å². The van der Waals surface area contributed by atoms with E-state index in [-0.39, 0.29) is 12.0 Å². The molecule has 2 aliphatic rings. The Hall–Kier alpha value is -2.18. The van der Waals surface area contributed by atoms with Gasteiger partial charge in [0.15, 0.2) is 6.29 Å². The Morgan fingerprint density at radius 1 is 1.36 bits per heavy atom. The lowest BCUT2D eigenvalue weighted by Gasteiger charge is -2.46. The molecule has 0 spiro atoms. The molecule has 2 aliphatic heterocycles. The van der Waals surface area contributed by atoms with Gasteiger partial charge >= 0.3 is 11.9 Å². The quantitative estimate of drug-likeness (QED) is 0.313. The molecule has 11 nitrogen and oxygen atoms in total. The molecule has 0 aromatic carbocycles. The lowest BCUT2D eigenvalue weighted by molar-refractivity contribution is -0.346. The summed E-state index contributed by atoms with van der Waals surface area (Å²) < 4.78 is 16.3. The second-order valence-electron chi connectivity index (χ2n) is 7.10. The minimum absolute atomic E-state index is 0.202. The maximum Gasteiger partial charge on any atom is 0.335 e. The maximum absolute atomic E-state index is 11.4. The van der Waals surface area contributed by atoms with Crippen molar-refractivity contribution in [1.82, 2.24) is 0 Å². The van der Waals surface area contributed by atoms with Crippen LogP contribution in [0.25, 0.3) is 0 Å². The largest absolute Gasteiger partial charge is 0.515 e. The van der Waals surface area contributed by atoms with Gasteiger partial charge in [-0.2, -0.15) is 0 Å². The number of hydrogen-bond acceptors (Lipinski definition) is 9. The van der Waals surface area contributed by atoms with E-state index in [1.54, 1.807) is 0 Å². The number of ether oxygens (including phenoxy) is 3. The van der Waals surface area contributed by atoms with E-state index in [1.807, 2.05) is 0 Å². The number of hydrogen-bond donors (Lipinski definition) is 6. The number of carboxylic acids is 2. The van der Waals surface area contributed by atoms with Gasteiger partial charge in [-0.1, -0.05) is 0 Å². The van der Waals surface area contributed by atoms with Gasteiger partial charge in [-0.25, -0.2) is 4.79 Å². The van der Waals surface area contributed by atoms with Crippen LogP contribution in [0.1, 0.15) is 26.7 Å². The van der Waals surface area contributed by atoms with Gasteiger partial charge in [0.2, 0.25) is 5.79 Å². The first-order valence-electron chi connectivity index (χ1n) is 8.47. The predicted octanol–water partition coefficient (Wildman–Crippen LogP) is -0.530. The molecule has 0 unspecified atom stereocenters. The third kappa shape index (κ3) is 4.28. The summed E-state index contributed by atoms with van der Waals surface area (Å²) in [5.41, 5.74) is -2.13. The molecule has 2 heterocycles. The van der Waals surface area contributed by atoms with Gasteiger partial charge in [-0.15, -0.1) is 0 Å². The van der Waals surface area contributed by atoms with Crippen molar-refractivity contribution in [2.45, 2.75) is 56.6 Å². The molecule has 6 atom stereocenters. The van der Waals surface area contributed by atoms with Crippen LogP contribution in [0.2, 0.25) is 0 Å². The lowest BCUT2D eigenvalue weighted by Crippen LogP contribution is -2.58. The molecule has 1 fully saturated rings. The highest BCUT2D eigenvalue weighted by Gasteiger charge is 2.51. The fourth-order valence-electron chi connectivity index (χ4n) is 3.33. The van der Waals surface area contributed by atoms with Crippen molar-refractivity contribution in [2.75, 3.05) is 6.61 Å².